The molecule has 2 rings (SSSR count). The zero-order valence-corrected chi connectivity index (χ0v) is 11.1. The molecule has 0 spiro atoms. The first-order chi connectivity index (χ1) is 9.50. The molecule has 1 atom stereocenters. The van der Waals surface area contributed by atoms with Crippen molar-refractivity contribution in [3.63, 3.8) is 0 Å². The first-order valence-electron chi connectivity index (χ1n) is 6.55. The van der Waals surface area contributed by atoms with Crippen molar-refractivity contribution in [3.8, 4) is 0 Å². The topological polar surface area (TPSA) is 94.8 Å². The number of aliphatic hydroxyl groups is 2. The largest absolute Gasteiger partial charge is 0.480 e. The summed E-state index contributed by atoms with van der Waals surface area (Å²) < 4.78 is 0. The first kappa shape index (κ1) is 14.7. The molecule has 0 amide bonds. The van der Waals surface area contributed by atoms with Crippen molar-refractivity contribution in [2.75, 3.05) is 13.2 Å². The van der Waals surface area contributed by atoms with Crippen molar-refractivity contribution in [1.29, 1.82) is 0 Å². The molecule has 1 saturated carbocycles. The molecular weight excluding hydrogens is 260 g/mol. The normalized spacial score (nSPS) is 24.8. The Kier molecular flexibility index (Phi) is 3.92. The number of aliphatic carboxylic acids is 1. The summed E-state index contributed by atoms with van der Waals surface area (Å²) in [4.78, 5) is 24.2. The maximum atomic E-state index is 12.6. The van der Waals surface area contributed by atoms with Crippen LogP contribution in [0, 0.1) is 10.8 Å². The second-order valence-corrected chi connectivity index (χ2v) is 5.48. The highest BCUT2D eigenvalue weighted by Gasteiger charge is 2.60. The molecule has 3 N–H and O–H groups in total. The SMILES string of the molecule is O=C(O)C1(Cc2ccccc2)CCC(CO)(CO)C1=O. The van der Waals surface area contributed by atoms with Gasteiger partial charge in [0.05, 0.1) is 18.6 Å². The fourth-order valence-corrected chi connectivity index (χ4v) is 2.93. The quantitative estimate of drug-likeness (QED) is 0.687. The van der Waals surface area contributed by atoms with Crippen LogP contribution in [0.25, 0.3) is 0 Å². The van der Waals surface area contributed by atoms with E-state index in [0.717, 1.165) is 5.56 Å². The molecule has 1 aliphatic carbocycles. The van der Waals surface area contributed by atoms with Gasteiger partial charge in [0.25, 0.3) is 0 Å². The molecule has 0 aliphatic heterocycles. The summed E-state index contributed by atoms with van der Waals surface area (Å²) in [6.07, 6.45) is 0.416. The fraction of sp³-hybridized carbons (Fsp3) is 0.467. The zero-order chi connectivity index (χ0) is 14.8. The Morgan fingerprint density at radius 3 is 2.15 bits per heavy atom. The summed E-state index contributed by atoms with van der Waals surface area (Å²) in [5, 5.41) is 28.3. The number of carboxylic acid groups (broad SMARTS) is 1. The average Bonchev–Trinajstić information content (AvgIpc) is 2.75. The Bertz CT molecular complexity index is 506. The van der Waals surface area contributed by atoms with Crippen LogP contribution in [0.2, 0.25) is 0 Å². The van der Waals surface area contributed by atoms with Crippen molar-refractivity contribution in [3.05, 3.63) is 35.9 Å². The van der Waals surface area contributed by atoms with Crippen LogP contribution >= 0.6 is 0 Å². The molecule has 1 aromatic rings. The maximum Gasteiger partial charge on any atom is 0.317 e. The van der Waals surface area contributed by atoms with Crippen LogP contribution in [0.4, 0.5) is 0 Å². The van der Waals surface area contributed by atoms with E-state index in [4.69, 9.17) is 0 Å². The number of hydrogen-bond acceptors (Lipinski definition) is 4. The van der Waals surface area contributed by atoms with E-state index < -0.39 is 35.8 Å². The highest BCUT2D eigenvalue weighted by Crippen LogP contribution is 2.47. The lowest BCUT2D eigenvalue weighted by Crippen LogP contribution is -2.45. The number of carbonyl (C=O) groups is 2. The van der Waals surface area contributed by atoms with Crippen LogP contribution in [-0.2, 0) is 16.0 Å². The summed E-state index contributed by atoms with van der Waals surface area (Å²) in [6, 6.07) is 8.94. The van der Waals surface area contributed by atoms with E-state index in [0.29, 0.717) is 0 Å². The Morgan fingerprint density at radius 2 is 1.70 bits per heavy atom. The van der Waals surface area contributed by atoms with Gasteiger partial charge in [0, 0.05) is 0 Å². The smallest absolute Gasteiger partial charge is 0.317 e. The number of ketones is 1. The van der Waals surface area contributed by atoms with Gasteiger partial charge in [-0.1, -0.05) is 30.3 Å². The molecule has 1 fully saturated rings. The predicted molar refractivity (Wildman–Crippen MR) is 71.1 cm³/mol. The van der Waals surface area contributed by atoms with Crippen molar-refractivity contribution in [2.45, 2.75) is 19.3 Å². The summed E-state index contributed by atoms with van der Waals surface area (Å²) in [6.45, 7) is -1.04. The van der Waals surface area contributed by atoms with E-state index in [-0.39, 0.29) is 19.3 Å². The predicted octanol–water partition coefficient (Wildman–Crippen LogP) is 0.634. The molecular formula is C15H18O5. The van der Waals surface area contributed by atoms with Gasteiger partial charge in [-0.05, 0) is 24.8 Å². The molecule has 0 heterocycles. The number of aliphatic hydroxyl groups excluding tert-OH is 2. The Hall–Kier alpha value is -1.72. The van der Waals surface area contributed by atoms with Crippen molar-refractivity contribution in [2.24, 2.45) is 10.8 Å². The van der Waals surface area contributed by atoms with Crippen molar-refractivity contribution < 1.29 is 24.9 Å². The molecule has 1 aliphatic rings. The number of hydrogen-bond donors (Lipinski definition) is 3. The van der Waals surface area contributed by atoms with Crippen LogP contribution < -0.4 is 0 Å². The third-order valence-corrected chi connectivity index (χ3v) is 4.31. The first-order valence-corrected chi connectivity index (χ1v) is 6.55. The lowest BCUT2D eigenvalue weighted by atomic mass is 9.75. The standard InChI is InChI=1S/C15H18O5/c16-9-14(10-17)6-7-15(12(14)18,13(19)20)8-11-4-2-1-3-5-11/h1-5,16-17H,6-10H2,(H,19,20). The summed E-state index contributed by atoms with van der Waals surface area (Å²) in [7, 11) is 0. The maximum absolute atomic E-state index is 12.6. The number of carbonyl (C=O) groups excluding carboxylic acids is 1. The third kappa shape index (κ3) is 2.13. The Balaban J connectivity index is 2.38. The molecule has 108 valence electrons. The molecule has 5 heteroatoms. The highest BCUT2D eigenvalue weighted by atomic mass is 16.4. The fourth-order valence-electron chi connectivity index (χ4n) is 2.93. The number of benzene rings is 1. The molecule has 5 nitrogen and oxygen atoms in total. The van der Waals surface area contributed by atoms with Crippen LogP contribution in [-0.4, -0.2) is 40.3 Å². The zero-order valence-electron chi connectivity index (χ0n) is 11.1. The van der Waals surface area contributed by atoms with E-state index in [9.17, 15) is 24.9 Å². The Labute approximate surface area is 116 Å². The highest BCUT2D eigenvalue weighted by molar-refractivity contribution is 6.08. The number of rotatable bonds is 5. The molecule has 1 unspecified atom stereocenters. The minimum atomic E-state index is -1.55. The van der Waals surface area contributed by atoms with E-state index in [2.05, 4.69) is 0 Å². The van der Waals surface area contributed by atoms with Crippen LogP contribution in [0.15, 0.2) is 30.3 Å². The molecule has 0 bridgehead atoms. The van der Waals surface area contributed by atoms with Gasteiger partial charge in [-0.3, -0.25) is 9.59 Å². The lowest BCUT2D eigenvalue weighted by Gasteiger charge is -2.27. The van der Waals surface area contributed by atoms with E-state index in [1.165, 1.54) is 0 Å². The van der Waals surface area contributed by atoms with E-state index >= 15 is 0 Å². The van der Waals surface area contributed by atoms with Crippen LogP contribution in [0.1, 0.15) is 18.4 Å². The van der Waals surface area contributed by atoms with Gasteiger partial charge in [-0.25, -0.2) is 0 Å². The second-order valence-electron chi connectivity index (χ2n) is 5.48. The summed E-state index contributed by atoms with van der Waals surface area (Å²) in [5.74, 6) is -1.75. The van der Waals surface area contributed by atoms with Crippen LogP contribution in [0.3, 0.4) is 0 Å². The van der Waals surface area contributed by atoms with Gasteiger partial charge >= 0.3 is 5.97 Å². The van der Waals surface area contributed by atoms with Gasteiger partial charge in [-0.2, -0.15) is 0 Å². The summed E-state index contributed by atoms with van der Waals surface area (Å²) >= 11 is 0. The van der Waals surface area contributed by atoms with Crippen molar-refractivity contribution in [1.82, 2.24) is 0 Å². The van der Waals surface area contributed by atoms with Gasteiger partial charge in [0.1, 0.15) is 5.41 Å². The number of carboxylic acids is 1. The molecule has 0 radical (unpaired) electrons. The molecule has 0 saturated heterocycles. The van der Waals surface area contributed by atoms with E-state index in [1.807, 2.05) is 6.07 Å². The lowest BCUT2D eigenvalue weighted by molar-refractivity contribution is -0.156. The molecule has 0 aromatic heterocycles. The van der Waals surface area contributed by atoms with Gasteiger partial charge in [0.15, 0.2) is 5.78 Å². The number of Topliss-reactive ketones (excluding diaryl/α,β-unsaturated/α-hetero) is 1. The van der Waals surface area contributed by atoms with Crippen LogP contribution in [0.5, 0.6) is 0 Å². The monoisotopic (exact) mass is 278 g/mol. The van der Waals surface area contributed by atoms with E-state index in [1.54, 1.807) is 24.3 Å². The molecule has 1 aromatic carbocycles. The molecule has 20 heavy (non-hydrogen) atoms. The van der Waals surface area contributed by atoms with Gasteiger partial charge in [-0.15, -0.1) is 0 Å². The summed E-state index contributed by atoms with van der Waals surface area (Å²) in [5.41, 5.74) is -2.12. The van der Waals surface area contributed by atoms with Gasteiger partial charge < -0.3 is 15.3 Å². The minimum Gasteiger partial charge on any atom is -0.480 e. The minimum absolute atomic E-state index is 0.0871. The average molecular weight is 278 g/mol. The van der Waals surface area contributed by atoms with Crippen molar-refractivity contribution >= 4 is 11.8 Å². The Morgan fingerprint density at radius 1 is 1.10 bits per heavy atom. The van der Waals surface area contributed by atoms with Gasteiger partial charge in [0.2, 0.25) is 0 Å². The second kappa shape index (κ2) is 5.34. The third-order valence-electron chi connectivity index (χ3n) is 4.31.